The number of aryl methyl sites for hydroxylation is 1. The number of nitrogens with one attached hydrogen (secondary N) is 1. The lowest BCUT2D eigenvalue weighted by Crippen LogP contribution is -2.01. The summed E-state index contributed by atoms with van der Waals surface area (Å²) in [6, 6.07) is 16.9. The number of hydrogen-bond donors (Lipinski definition) is 2. The maximum atomic E-state index is 11.8. The van der Waals surface area contributed by atoms with Gasteiger partial charge in [0.1, 0.15) is 23.0 Å². The van der Waals surface area contributed by atoms with Gasteiger partial charge >= 0.3 is 0 Å². The molecule has 0 spiro atoms. The fourth-order valence-electron chi connectivity index (χ4n) is 3.62. The highest BCUT2D eigenvalue weighted by molar-refractivity contribution is 6.18. The van der Waals surface area contributed by atoms with Gasteiger partial charge < -0.3 is 15.1 Å². The van der Waals surface area contributed by atoms with E-state index in [2.05, 4.69) is 22.1 Å². The van der Waals surface area contributed by atoms with E-state index in [-0.39, 0.29) is 22.5 Å². The van der Waals surface area contributed by atoms with E-state index in [4.69, 9.17) is 10.2 Å². The van der Waals surface area contributed by atoms with E-state index >= 15 is 0 Å². The molecule has 2 aromatic carbocycles. The highest BCUT2D eigenvalue weighted by Gasteiger charge is 2.18. The molecule has 0 radical (unpaired) electrons. The van der Waals surface area contributed by atoms with E-state index in [0.29, 0.717) is 16.5 Å². The third-order valence-corrected chi connectivity index (χ3v) is 4.90. The predicted molar refractivity (Wildman–Crippen MR) is 109 cm³/mol. The van der Waals surface area contributed by atoms with E-state index in [1.807, 2.05) is 31.2 Å². The van der Waals surface area contributed by atoms with Crippen LogP contribution in [0.25, 0.3) is 44.2 Å². The number of nitrogens with two attached hydrogens (primary N) is 1. The molecule has 0 aliphatic carbocycles. The monoisotopic (exact) mass is 366 g/mol. The fourth-order valence-corrected chi connectivity index (χ4v) is 3.62. The smallest absolute Gasteiger partial charge is 0.231 e. The maximum Gasteiger partial charge on any atom is 0.231 e. The van der Waals surface area contributed by atoms with Gasteiger partial charge in [0.2, 0.25) is 5.71 Å². The number of aromatic nitrogens is 2. The van der Waals surface area contributed by atoms with Crippen LogP contribution in [0.4, 0.5) is 5.82 Å². The molecule has 0 aliphatic rings. The molecule has 0 saturated carbocycles. The van der Waals surface area contributed by atoms with Crippen LogP contribution in [0, 0.1) is 18.3 Å². The van der Waals surface area contributed by atoms with Crippen LogP contribution in [-0.2, 0) is 0 Å². The second kappa shape index (κ2) is 5.69. The van der Waals surface area contributed by atoms with E-state index in [0.717, 1.165) is 27.6 Å². The number of nitrogens with zero attached hydrogens (tertiary/aromatic N) is 2. The van der Waals surface area contributed by atoms with Crippen molar-refractivity contribution in [3.8, 4) is 17.3 Å². The van der Waals surface area contributed by atoms with Crippen LogP contribution < -0.4 is 11.2 Å². The Morgan fingerprint density at radius 2 is 2.00 bits per heavy atom. The topological polar surface area (TPSA) is 109 Å². The molecule has 3 aromatic heterocycles. The first kappa shape index (κ1) is 16.1. The Bertz CT molecular complexity index is 1520. The van der Waals surface area contributed by atoms with E-state index in [1.54, 1.807) is 6.07 Å². The minimum atomic E-state index is -0.151. The molecule has 0 bridgehead atoms. The van der Waals surface area contributed by atoms with Crippen LogP contribution in [0.5, 0.6) is 0 Å². The third-order valence-electron chi connectivity index (χ3n) is 4.90. The Kier molecular flexibility index (Phi) is 3.27. The number of aromatic amines is 1. The molecule has 5 aromatic rings. The predicted octanol–water partition coefficient (Wildman–Crippen LogP) is 4.25. The van der Waals surface area contributed by atoms with Crippen molar-refractivity contribution >= 4 is 38.8 Å². The largest absolute Gasteiger partial charge is 0.437 e. The van der Waals surface area contributed by atoms with Crippen LogP contribution in [0.3, 0.4) is 0 Å². The zero-order valence-corrected chi connectivity index (χ0v) is 14.9. The van der Waals surface area contributed by atoms with Gasteiger partial charge in [-0.25, -0.2) is 0 Å². The summed E-state index contributed by atoms with van der Waals surface area (Å²) in [4.78, 5) is 19.4. The third kappa shape index (κ3) is 2.27. The summed E-state index contributed by atoms with van der Waals surface area (Å²) in [5.74, 6) is 0.0790. The van der Waals surface area contributed by atoms with Crippen molar-refractivity contribution < 1.29 is 4.42 Å². The van der Waals surface area contributed by atoms with Gasteiger partial charge in [-0.3, -0.25) is 4.79 Å². The Morgan fingerprint density at radius 1 is 1.14 bits per heavy atom. The lowest BCUT2D eigenvalue weighted by Gasteiger charge is -2.13. The van der Waals surface area contributed by atoms with E-state index < -0.39 is 0 Å². The Balaban J connectivity index is 2.04. The van der Waals surface area contributed by atoms with Gasteiger partial charge in [-0.05, 0) is 36.8 Å². The molecule has 0 fully saturated rings. The highest BCUT2D eigenvalue weighted by Crippen LogP contribution is 2.36. The van der Waals surface area contributed by atoms with Crippen molar-refractivity contribution in [2.75, 3.05) is 5.73 Å². The zero-order chi connectivity index (χ0) is 19.4. The second-order valence-electron chi connectivity index (χ2n) is 6.77. The first-order valence-corrected chi connectivity index (χ1v) is 8.71. The molecule has 0 saturated heterocycles. The molecule has 0 aliphatic heterocycles. The molecule has 6 heteroatoms. The van der Waals surface area contributed by atoms with Crippen molar-refractivity contribution in [2.24, 2.45) is 0 Å². The summed E-state index contributed by atoms with van der Waals surface area (Å²) in [5, 5.41) is 11.9. The number of fused-ring (bicyclic) bond motifs is 2. The molecule has 134 valence electrons. The van der Waals surface area contributed by atoms with Crippen molar-refractivity contribution in [1.82, 2.24) is 9.97 Å². The van der Waals surface area contributed by atoms with Crippen LogP contribution >= 0.6 is 0 Å². The number of nitrogen functional groups attached to an aromatic ring is 1. The van der Waals surface area contributed by atoms with E-state index in [1.165, 1.54) is 12.1 Å². The molecule has 3 heterocycles. The number of pyridine rings is 2. The summed E-state index contributed by atoms with van der Waals surface area (Å²) in [7, 11) is 0. The molecule has 3 N–H and O–H groups in total. The van der Waals surface area contributed by atoms with Crippen molar-refractivity contribution in [3.05, 3.63) is 69.9 Å². The summed E-state index contributed by atoms with van der Waals surface area (Å²) in [5.41, 5.74) is 10.3. The number of nitriles is 1. The first-order chi connectivity index (χ1) is 13.5. The molecule has 0 amide bonds. The van der Waals surface area contributed by atoms with Gasteiger partial charge in [0.05, 0.1) is 10.9 Å². The number of hydrogen-bond acceptors (Lipinski definition) is 5. The van der Waals surface area contributed by atoms with E-state index in [9.17, 15) is 10.1 Å². The van der Waals surface area contributed by atoms with Crippen molar-refractivity contribution in [3.63, 3.8) is 0 Å². The Hall–Kier alpha value is -4.11. The minimum Gasteiger partial charge on any atom is -0.437 e. The average molecular weight is 366 g/mol. The quantitative estimate of drug-likeness (QED) is 0.340. The van der Waals surface area contributed by atoms with Gasteiger partial charge in [-0.2, -0.15) is 10.2 Å². The van der Waals surface area contributed by atoms with Crippen molar-refractivity contribution in [1.29, 1.82) is 5.26 Å². The number of benzene rings is 2. The first-order valence-electron chi connectivity index (χ1n) is 8.71. The van der Waals surface area contributed by atoms with Gasteiger partial charge in [0, 0.05) is 22.5 Å². The SMILES string of the molecule is Cc1cccc(-c2cc3c4ccc(=O)cc4oc4nc(N)c(C#N)c([nH]2)c43)c1. The molecular formula is C22H14N4O2. The van der Waals surface area contributed by atoms with Crippen LogP contribution in [0.15, 0.2) is 57.7 Å². The van der Waals surface area contributed by atoms with Crippen LogP contribution in [0.1, 0.15) is 11.1 Å². The van der Waals surface area contributed by atoms with Crippen LogP contribution in [-0.4, -0.2) is 9.97 Å². The maximum absolute atomic E-state index is 11.8. The molecule has 0 unspecified atom stereocenters. The number of H-pyrrole nitrogens is 1. The molecular weight excluding hydrogens is 352 g/mol. The van der Waals surface area contributed by atoms with Crippen molar-refractivity contribution in [2.45, 2.75) is 6.92 Å². The Labute approximate surface area is 158 Å². The number of anilines is 1. The average Bonchev–Trinajstić information content (AvgIpc) is 2.67. The molecule has 6 nitrogen and oxygen atoms in total. The second-order valence-corrected chi connectivity index (χ2v) is 6.77. The minimum absolute atomic E-state index is 0.0790. The zero-order valence-electron chi connectivity index (χ0n) is 14.9. The van der Waals surface area contributed by atoms with Gasteiger partial charge in [-0.1, -0.05) is 23.8 Å². The normalized spacial score (nSPS) is 11.3. The lowest BCUT2D eigenvalue weighted by molar-refractivity contribution is 0.647. The summed E-state index contributed by atoms with van der Waals surface area (Å²) >= 11 is 0. The van der Waals surface area contributed by atoms with Crippen LogP contribution in [0.2, 0.25) is 0 Å². The molecule has 0 atom stereocenters. The standard InChI is InChI=1S/C22H14N4O2/c1-11-3-2-4-12(7-11)17-9-15-14-6-5-13(27)8-18(14)28-22-19(15)20(25-17)16(10-23)21(24)26-22/h2-9,25H,1H3,(H2,24,26). The summed E-state index contributed by atoms with van der Waals surface area (Å²) in [6.45, 7) is 2.02. The molecule has 28 heavy (non-hydrogen) atoms. The number of rotatable bonds is 1. The fraction of sp³-hybridized carbons (Fsp3) is 0.0455. The lowest BCUT2D eigenvalue weighted by atomic mass is 10.0. The highest BCUT2D eigenvalue weighted by atomic mass is 16.3. The summed E-state index contributed by atoms with van der Waals surface area (Å²) < 4.78 is 5.85. The Morgan fingerprint density at radius 3 is 2.79 bits per heavy atom. The molecule has 5 rings (SSSR count). The van der Waals surface area contributed by atoms with Gasteiger partial charge in [0.25, 0.3) is 0 Å². The summed E-state index contributed by atoms with van der Waals surface area (Å²) in [6.07, 6.45) is 0. The van der Waals surface area contributed by atoms with Gasteiger partial charge in [0.15, 0.2) is 5.43 Å². The van der Waals surface area contributed by atoms with Gasteiger partial charge in [-0.15, -0.1) is 0 Å².